The Labute approximate surface area is 184 Å². The normalized spacial score (nSPS) is 19.0. The van der Waals surface area contributed by atoms with Crippen molar-refractivity contribution in [3.05, 3.63) is 45.4 Å². The first-order valence-corrected chi connectivity index (χ1v) is 12.2. The van der Waals surface area contributed by atoms with E-state index in [9.17, 15) is 19.2 Å². The molecule has 1 N–H and O–H groups in total. The summed E-state index contributed by atoms with van der Waals surface area (Å²) in [5.74, 6) is 0.817. The third-order valence-corrected chi connectivity index (χ3v) is 8.51. The van der Waals surface area contributed by atoms with Gasteiger partial charge in [0.15, 0.2) is 0 Å². The van der Waals surface area contributed by atoms with E-state index in [-0.39, 0.29) is 37.0 Å². The van der Waals surface area contributed by atoms with E-state index in [0.29, 0.717) is 28.6 Å². The number of rotatable bonds is 3. The van der Waals surface area contributed by atoms with Crippen molar-refractivity contribution in [2.24, 2.45) is 0 Å². The highest BCUT2D eigenvalue weighted by Crippen LogP contribution is 2.45. The molecule has 3 aromatic rings. The summed E-state index contributed by atoms with van der Waals surface area (Å²) in [5, 5.41) is 11.0. The van der Waals surface area contributed by atoms with E-state index in [1.807, 2.05) is 0 Å². The largest absolute Gasteiger partial charge is 0.616 e. The van der Waals surface area contributed by atoms with Gasteiger partial charge >= 0.3 is 0 Å². The fourth-order valence-electron chi connectivity index (χ4n) is 4.03. The highest BCUT2D eigenvalue weighted by Gasteiger charge is 2.32. The molecule has 1 unspecified atom stereocenters. The first kappa shape index (κ1) is 19.8. The first-order valence-electron chi connectivity index (χ1n) is 9.52. The van der Waals surface area contributed by atoms with Gasteiger partial charge in [0, 0.05) is 30.2 Å². The molecule has 1 fully saturated rings. The highest BCUT2D eigenvalue weighted by molar-refractivity contribution is 7.90. The number of phenolic OH excluding ortho intramolecular Hbond substituents is 1. The maximum absolute atomic E-state index is 12.1. The summed E-state index contributed by atoms with van der Waals surface area (Å²) in [5.41, 5.74) is 3.18. The smallest absolute Gasteiger partial charge is 0.230 e. The Morgan fingerprint density at radius 1 is 1.17 bits per heavy atom. The van der Waals surface area contributed by atoms with Gasteiger partial charge < -0.3 is 9.66 Å². The number of amides is 2. The second-order valence-corrected chi connectivity index (χ2v) is 10.4. The zero-order valence-corrected chi connectivity index (χ0v) is 18.2. The predicted octanol–water partition coefficient (Wildman–Crippen LogP) is 3.78. The third-order valence-electron chi connectivity index (χ3n) is 5.52. The van der Waals surface area contributed by atoms with Crippen LogP contribution in [0.3, 0.4) is 0 Å². The van der Waals surface area contributed by atoms with Crippen molar-refractivity contribution >= 4 is 56.1 Å². The maximum Gasteiger partial charge on any atom is 0.230 e. The van der Waals surface area contributed by atoms with Gasteiger partial charge in [-0.3, -0.25) is 14.5 Å². The fraction of sp³-hybridized carbons (Fsp3) is 0.286. The summed E-state index contributed by atoms with van der Waals surface area (Å²) in [6, 6.07) is 6.77. The summed E-state index contributed by atoms with van der Waals surface area (Å²) in [6.07, 6.45) is 1.11. The van der Waals surface area contributed by atoms with Crippen LogP contribution < -0.4 is 0 Å². The van der Waals surface area contributed by atoms with Crippen LogP contribution in [0.15, 0.2) is 24.3 Å². The van der Waals surface area contributed by atoms with Gasteiger partial charge in [0.25, 0.3) is 0 Å². The lowest BCUT2D eigenvalue weighted by atomic mass is 9.97. The van der Waals surface area contributed by atoms with Crippen molar-refractivity contribution < 1.29 is 19.2 Å². The minimum Gasteiger partial charge on any atom is -0.616 e. The summed E-state index contributed by atoms with van der Waals surface area (Å²) in [6.45, 7) is 0.0338. The van der Waals surface area contributed by atoms with Crippen LogP contribution in [0.5, 0.6) is 5.75 Å². The molecular formula is C21H17ClN2O4S2. The zero-order valence-electron chi connectivity index (χ0n) is 15.8. The number of likely N-dealkylation sites (tertiary alicyclic amines) is 1. The number of carbonyl (C=O) groups excluding carboxylic acids is 2. The Hall–Kier alpha value is -2.13. The van der Waals surface area contributed by atoms with Gasteiger partial charge in [-0.25, -0.2) is 4.98 Å². The molecule has 1 aromatic carbocycles. The number of aromatic nitrogens is 1. The lowest BCUT2D eigenvalue weighted by Gasteiger charge is -2.19. The molecule has 0 spiro atoms. The number of thiophene rings is 1. The molecule has 5 rings (SSSR count). The summed E-state index contributed by atoms with van der Waals surface area (Å²) in [4.78, 5) is 32.0. The molecular weight excluding hydrogens is 444 g/mol. The SMILES string of the molecule is O=C1CCC(=O)N1Cc1nc2sc3c(c2c(-c2ccc(O)cc2)c1Cl)CC[S+]([O-])C3. The lowest BCUT2D eigenvalue weighted by molar-refractivity contribution is -0.139. The van der Waals surface area contributed by atoms with Gasteiger partial charge in [0.1, 0.15) is 22.1 Å². The number of phenols is 1. The zero-order chi connectivity index (χ0) is 21.0. The van der Waals surface area contributed by atoms with E-state index < -0.39 is 11.2 Å². The molecule has 30 heavy (non-hydrogen) atoms. The average Bonchev–Trinajstić information content (AvgIpc) is 3.23. The van der Waals surface area contributed by atoms with Crippen molar-refractivity contribution in [2.75, 3.05) is 5.75 Å². The van der Waals surface area contributed by atoms with Crippen molar-refractivity contribution in [1.29, 1.82) is 0 Å². The van der Waals surface area contributed by atoms with Gasteiger partial charge in [-0.1, -0.05) is 23.7 Å². The van der Waals surface area contributed by atoms with Gasteiger partial charge in [-0.2, -0.15) is 0 Å². The Balaban J connectivity index is 1.73. The molecule has 0 radical (unpaired) electrons. The lowest BCUT2D eigenvalue weighted by Crippen LogP contribution is -2.29. The average molecular weight is 461 g/mol. The van der Waals surface area contributed by atoms with Crippen LogP contribution in [-0.4, -0.2) is 37.1 Å². The van der Waals surface area contributed by atoms with Crippen molar-refractivity contribution in [3.63, 3.8) is 0 Å². The second kappa shape index (κ2) is 7.53. The number of pyridine rings is 1. The van der Waals surface area contributed by atoms with Crippen LogP contribution in [0.1, 0.15) is 29.0 Å². The molecule has 2 aromatic heterocycles. The molecule has 154 valence electrons. The summed E-state index contributed by atoms with van der Waals surface area (Å²) >= 11 is 7.44. The standard InChI is InChI=1S/C21H17ClN2O4S2/c22-20-14(9-24-16(26)5-6-17(24)27)23-21-19(13-7-8-30(28)10-15(13)29-21)18(20)11-1-3-12(25)4-2-11/h1-4,25H,5-10H2. The molecule has 2 aliphatic rings. The van der Waals surface area contributed by atoms with Gasteiger partial charge in [0.2, 0.25) is 11.8 Å². The van der Waals surface area contributed by atoms with Crippen LogP contribution in [-0.2, 0) is 39.5 Å². The van der Waals surface area contributed by atoms with Crippen LogP contribution in [0, 0.1) is 0 Å². The minimum absolute atomic E-state index is 0.0338. The molecule has 2 amide bonds. The number of benzene rings is 1. The molecule has 2 aliphatic heterocycles. The second-order valence-electron chi connectivity index (χ2n) is 7.39. The van der Waals surface area contributed by atoms with E-state index in [1.165, 1.54) is 16.2 Å². The third kappa shape index (κ3) is 3.28. The number of hydrogen-bond donors (Lipinski definition) is 1. The van der Waals surface area contributed by atoms with E-state index in [4.69, 9.17) is 16.6 Å². The summed E-state index contributed by atoms with van der Waals surface area (Å²) in [7, 11) is 0. The van der Waals surface area contributed by atoms with Crippen molar-refractivity contribution in [1.82, 2.24) is 9.88 Å². The fourth-order valence-corrected chi connectivity index (χ4v) is 7.05. The topological polar surface area (TPSA) is 93.6 Å². The van der Waals surface area contributed by atoms with Crippen LogP contribution in [0.2, 0.25) is 5.02 Å². The number of aryl methyl sites for hydroxylation is 1. The van der Waals surface area contributed by atoms with Crippen molar-refractivity contribution in [2.45, 2.75) is 31.6 Å². The quantitative estimate of drug-likeness (QED) is 0.474. The molecule has 0 bridgehead atoms. The molecule has 9 heteroatoms. The number of hydrogen-bond acceptors (Lipinski definition) is 6. The van der Waals surface area contributed by atoms with Gasteiger partial charge in [0.05, 0.1) is 22.1 Å². The van der Waals surface area contributed by atoms with E-state index >= 15 is 0 Å². The Kier molecular flexibility index (Phi) is 4.97. The number of halogens is 1. The number of fused-ring (bicyclic) bond motifs is 3. The van der Waals surface area contributed by atoms with E-state index in [2.05, 4.69) is 0 Å². The minimum atomic E-state index is -0.887. The maximum atomic E-state index is 12.1. The number of nitrogens with zero attached hydrogens (tertiary/aromatic N) is 2. The Bertz CT molecular complexity index is 1180. The molecule has 0 saturated carbocycles. The van der Waals surface area contributed by atoms with Crippen LogP contribution >= 0.6 is 22.9 Å². The Morgan fingerprint density at radius 3 is 2.57 bits per heavy atom. The molecule has 6 nitrogen and oxygen atoms in total. The number of carbonyl (C=O) groups is 2. The summed E-state index contributed by atoms with van der Waals surface area (Å²) < 4.78 is 12.1. The molecule has 4 heterocycles. The van der Waals surface area contributed by atoms with E-state index in [1.54, 1.807) is 24.3 Å². The van der Waals surface area contributed by atoms with E-state index in [0.717, 1.165) is 31.8 Å². The Morgan fingerprint density at radius 2 is 1.87 bits per heavy atom. The van der Waals surface area contributed by atoms with Gasteiger partial charge in [-0.15, -0.1) is 11.3 Å². The molecule has 1 atom stereocenters. The highest BCUT2D eigenvalue weighted by atomic mass is 35.5. The monoisotopic (exact) mass is 460 g/mol. The van der Waals surface area contributed by atoms with Crippen LogP contribution in [0.4, 0.5) is 0 Å². The number of imide groups is 1. The van der Waals surface area contributed by atoms with Crippen molar-refractivity contribution in [3.8, 4) is 16.9 Å². The number of aromatic hydroxyl groups is 1. The van der Waals surface area contributed by atoms with Crippen LogP contribution in [0.25, 0.3) is 21.3 Å². The van der Waals surface area contributed by atoms with Gasteiger partial charge in [-0.05, 0) is 34.4 Å². The first-order chi connectivity index (χ1) is 14.4. The predicted molar refractivity (Wildman–Crippen MR) is 117 cm³/mol. The molecule has 1 saturated heterocycles. The molecule has 0 aliphatic carbocycles.